The molecule has 6 heteroatoms. The fraction of sp³-hybridized carbons (Fsp3) is 0.240. The first-order valence-electron chi connectivity index (χ1n) is 10.6. The molecule has 1 saturated heterocycles. The standard InChI is InChI=1S/C25H23N3O2S/c26-24(29)23-20(18-8-1-2-12-22(18)31-23)15-16-7-3-4-14-28(16)25(30)19-9-5-11-21-17(19)10-6-13-27-21/h1-2,5-6,8-13,16H,3-4,7,14-15H2,(H2,26,29)/t16-/m1/s1. The third-order valence-corrected chi connectivity index (χ3v) is 7.35. The number of pyridine rings is 1. The molecule has 2 amide bonds. The van der Waals surface area contributed by atoms with Crippen LogP contribution in [0.3, 0.4) is 0 Å². The van der Waals surface area contributed by atoms with Gasteiger partial charge in [0.05, 0.1) is 10.4 Å². The van der Waals surface area contributed by atoms with Crippen LogP contribution in [-0.2, 0) is 6.42 Å². The summed E-state index contributed by atoms with van der Waals surface area (Å²) >= 11 is 1.44. The van der Waals surface area contributed by atoms with Gasteiger partial charge in [0.2, 0.25) is 0 Å². The van der Waals surface area contributed by atoms with Crippen molar-refractivity contribution in [3.05, 3.63) is 76.8 Å². The Morgan fingerprint density at radius 1 is 1.03 bits per heavy atom. The second-order valence-electron chi connectivity index (χ2n) is 8.00. The van der Waals surface area contributed by atoms with E-state index in [0.717, 1.165) is 45.8 Å². The third-order valence-electron chi connectivity index (χ3n) is 6.13. The van der Waals surface area contributed by atoms with Crippen LogP contribution in [-0.4, -0.2) is 34.3 Å². The lowest BCUT2D eigenvalue weighted by atomic mass is 9.93. The second-order valence-corrected chi connectivity index (χ2v) is 9.05. The van der Waals surface area contributed by atoms with Crippen LogP contribution in [0.2, 0.25) is 0 Å². The Balaban J connectivity index is 1.52. The van der Waals surface area contributed by atoms with Gasteiger partial charge in [0, 0.05) is 34.4 Å². The van der Waals surface area contributed by atoms with Gasteiger partial charge in [-0.15, -0.1) is 11.3 Å². The molecular formula is C25H23N3O2S. The summed E-state index contributed by atoms with van der Waals surface area (Å²) in [4.78, 5) is 32.8. The number of nitrogens with two attached hydrogens (primary N) is 1. The molecule has 0 unspecified atom stereocenters. The predicted molar refractivity (Wildman–Crippen MR) is 124 cm³/mol. The Labute approximate surface area is 184 Å². The number of benzene rings is 2. The molecule has 1 aliphatic rings. The van der Waals surface area contributed by atoms with Gasteiger partial charge in [0.15, 0.2) is 0 Å². The van der Waals surface area contributed by atoms with Gasteiger partial charge in [0.25, 0.3) is 11.8 Å². The molecule has 1 aliphatic heterocycles. The Morgan fingerprint density at radius 2 is 1.87 bits per heavy atom. The molecular weight excluding hydrogens is 406 g/mol. The van der Waals surface area contributed by atoms with Crippen LogP contribution in [0.4, 0.5) is 0 Å². The zero-order valence-electron chi connectivity index (χ0n) is 17.1. The van der Waals surface area contributed by atoms with E-state index in [2.05, 4.69) is 4.98 Å². The Morgan fingerprint density at radius 3 is 2.74 bits per heavy atom. The lowest BCUT2D eigenvalue weighted by Gasteiger charge is -2.36. The number of nitrogens with zero attached hydrogens (tertiary/aromatic N) is 2. The summed E-state index contributed by atoms with van der Waals surface area (Å²) in [6.07, 6.45) is 5.35. The molecule has 156 valence electrons. The van der Waals surface area contributed by atoms with E-state index in [1.165, 1.54) is 11.3 Å². The number of hydrogen-bond acceptors (Lipinski definition) is 4. The minimum atomic E-state index is -0.398. The lowest BCUT2D eigenvalue weighted by Crippen LogP contribution is -2.45. The van der Waals surface area contributed by atoms with Crippen molar-refractivity contribution in [3.8, 4) is 0 Å². The van der Waals surface area contributed by atoms with Gasteiger partial charge in [-0.3, -0.25) is 14.6 Å². The molecule has 0 radical (unpaired) electrons. The molecule has 0 aliphatic carbocycles. The van der Waals surface area contributed by atoms with Crippen LogP contribution in [0, 0.1) is 0 Å². The maximum absolute atomic E-state index is 13.6. The van der Waals surface area contributed by atoms with Gasteiger partial charge in [0.1, 0.15) is 0 Å². The SMILES string of the molecule is NC(=O)c1sc2ccccc2c1C[C@H]1CCCCN1C(=O)c1cccc2ncccc12. The summed E-state index contributed by atoms with van der Waals surface area (Å²) in [5.41, 5.74) is 8.19. The van der Waals surface area contributed by atoms with Gasteiger partial charge in [-0.25, -0.2) is 0 Å². The van der Waals surface area contributed by atoms with Crippen molar-refractivity contribution in [2.75, 3.05) is 6.54 Å². The third kappa shape index (κ3) is 3.57. The van der Waals surface area contributed by atoms with Gasteiger partial charge in [-0.05, 0) is 60.9 Å². The van der Waals surface area contributed by atoms with Crippen molar-refractivity contribution in [2.24, 2.45) is 5.73 Å². The van der Waals surface area contributed by atoms with Crippen LogP contribution in [0.5, 0.6) is 0 Å². The number of fused-ring (bicyclic) bond motifs is 2. The van der Waals surface area contributed by atoms with E-state index >= 15 is 0 Å². The highest BCUT2D eigenvalue weighted by atomic mass is 32.1. The molecule has 2 N–H and O–H groups in total. The van der Waals surface area contributed by atoms with Crippen molar-refractivity contribution >= 4 is 44.1 Å². The smallest absolute Gasteiger partial charge is 0.259 e. The fourth-order valence-corrected chi connectivity index (χ4v) is 5.75. The number of thiophene rings is 1. The van der Waals surface area contributed by atoms with Crippen molar-refractivity contribution in [1.29, 1.82) is 0 Å². The van der Waals surface area contributed by atoms with Crippen molar-refractivity contribution in [3.63, 3.8) is 0 Å². The molecule has 5 nitrogen and oxygen atoms in total. The minimum Gasteiger partial charge on any atom is -0.365 e. The first-order chi connectivity index (χ1) is 15.1. The van der Waals surface area contributed by atoms with Gasteiger partial charge in [-0.1, -0.05) is 30.3 Å². The molecule has 4 aromatic rings. The Bertz CT molecular complexity index is 1290. The zero-order valence-corrected chi connectivity index (χ0v) is 17.9. The Hall–Kier alpha value is -3.25. The van der Waals surface area contributed by atoms with Crippen molar-refractivity contribution in [2.45, 2.75) is 31.7 Å². The average Bonchev–Trinajstić information content (AvgIpc) is 3.17. The van der Waals surface area contributed by atoms with Crippen molar-refractivity contribution in [1.82, 2.24) is 9.88 Å². The maximum Gasteiger partial charge on any atom is 0.259 e. The van der Waals surface area contributed by atoms with Crippen LogP contribution >= 0.6 is 11.3 Å². The molecule has 5 rings (SSSR count). The molecule has 2 aromatic heterocycles. The summed E-state index contributed by atoms with van der Waals surface area (Å²) < 4.78 is 1.06. The summed E-state index contributed by atoms with van der Waals surface area (Å²) in [5.74, 6) is -0.367. The number of amides is 2. The number of piperidine rings is 1. The number of rotatable bonds is 4. The van der Waals surface area contributed by atoms with Gasteiger partial charge in [-0.2, -0.15) is 0 Å². The molecule has 3 heterocycles. The van der Waals surface area contributed by atoms with Crippen LogP contribution in [0.25, 0.3) is 21.0 Å². The number of primary amides is 1. The summed E-state index contributed by atoms with van der Waals surface area (Å²) in [6, 6.07) is 17.6. The topological polar surface area (TPSA) is 76.3 Å². The molecule has 0 spiro atoms. The van der Waals surface area contributed by atoms with E-state index in [-0.39, 0.29) is 11.9 Å². The summed E-state index contributed by atoms with van der Waals surface area (Å²) in [6.45, 7) is 0.716. The molecule has 1 fully saturated rings. The van der Waals surface area contributed by atoms with E-state index < -0.39 is 5.91 Å². The van der Waals surface area contributed by atoms with Crippen molar-refractivity contribution < 1.29 is 9.59 Å². The number of carbonyl (C=O) groups excluding carboxylic acids is 2. The molecule has 31 heavy (non-hydrogen) atoms. The highest BCUT2D eigenvalue weighted by molar-refractivity contribution is 7.21. The maximum atomic E-state index is 13.6. The van der Waals surface area contributed by atoms with E-state index in [1.807, 2.05) is 59.5 Å². The first kappa shape index (κ1) is 19.7. The van der Waals surface area contributed by atoms with Gasteiger partial charge >= 0.3 is 0 Å². The molecule has 2 aromatic carbocycles. The van der Waals surface area contributed by atoms with E-state index in [4.69, 9.17) is 5.73 Å². The van der Waals surface area contributed by atoms with E-state index in [9.17, 15) is 9.59 Å². The molecule has 1 atom stereocenters. The highest BCUT2D eigenvalue weighted by Gasteiger charge is 2.30. The fourth-order valence-electron chi connectivity index (χ4n) is 4.66. The number of likely N-dealkylation sites (tertiary alicyclic amines) is 1. The number of carbonyl (C=O) groups is 2. The highest BCUT2D eigenvalue weighted by Crippen LogP contribution is 2.34. The lowest BCUT2D eigenvalue weighted by molar-refractivity contribution is 0.0616. The van der Waals surface area contributed by atoms with E-state index in [1.54, 1.807) is 6.20 Å². The number of aromatic nitrogens is 1. The quantitative estimate of drug-likeness (QED) is 0.507. The predicted octanol–water partition coefficient (Wildman–Crippen LogP) is 4.79. The summed E-state index contributed by atoms with van der Waals surface area (Å²) in [7, 11) is 0. The monoisotopic (exact) mass is 429 g/mol. The normalized spacial score (nSPS) is 16.6. The van der Waals surface area contributed by atoms with Crippen LogP contribution in [0.15, 0.2) is 60.8 Å². The van der Waals surface area contributed by atoms with E-state index in [0.29, 0.717) is 23.4 Å². The average molecular weight is 430 g/mol. The van der Waals surface area contributed by atoms with Crippen LogP contribution in [0.1, 0.15) is 44.9 Å². The number of hydrogen-bond donors (Lipinski definition) is 1. The van der Waals surface area contributed by atoms with Gasteiger partial charge < -0.3 is 10.6 Å². The first-order valence-corrected chi connectivity index (χ1v) is 11.4. The van der Waals surface area contributed by atoms with Crippen LogP contribution < -0.4 is 5.73 Å². The molecule has 0 saturated carbocycles. The molecule has 0 bridgehead atoms. The minimum absolute atomic E-state index is 0.0310. The largest absolute Gasteiger partial charge is 0.365 e. The zero-order chi connectivity index (χ0) is 21.4. The summed E-state index contributed by atoms with van der Waals surface area (Å²) in [5, 5.41) is 1.94. The Kier molecular flexibility index (Phi) is 5.16. The second kappa shape index (κ2) is 8.12.